The largest absolute Gasteiger partial charge is 0.444 e. The summed E-state index contributed by atoms with van der Waals surface area (Å²) >= 11 is 0. The Kier molecular flexibility index (Phi) is 6.30. The highest BCUT2D eigenvalue weighted by atomic mass is 16.6. The average molecular weight is 284 g/mol. The van der Waals surface area contributed by atoms with E-state index in [4.69, 9.17) is 4.74 Å². The number of hydrogen-bond acceptors (Lipinski definition) is 3. The lowest BCUT2D eigenvalue weighted by Gasteiger charge is -2.33. The summed E-state index contributed by atoms with van der Waals surface area (Å²) in [6.07, 6.45) is 5.36. The Morgan fingerprint density at radius 1 is 1.20 bits per heavy atom. The third-order valence-corrected chi connectivity index (χ3v) is 3.44. The minimum absolute atomic E-state index is 0.0860. The molecule has 116 valence electrons. The van der Waals surface area contributed by atoms with E-state index in [0.29, 0.717) is 19.1 Å². The molecule has 1 aliphatic carbocycles. The second kappa shape index (κ2) is 7.50. The fourth-order valence-electron chi connectivity index (χ4n) is 2.58. The SMILES string of the molecule is CC(=O)N(CCNC(=O)OC(C)(C)C)C1CCCCC1. The molecule has 20 heavy (non-hydrogen) atoms. The quantitative estimate of drug-likeness (QED) is 0.863. The van der Waals surface area contributed by atoms with Crippen molar-refractivity contribution in [3.63, 3.8) is 0 Å². The number of carbonyl (C=O) groups excluding carboxylic acids is 2. The van der Waals surface area contributed by atoms with Crippen molar-refractivity contribution < 1.29 is 14.3 Å². The van der Waals surface area contributed by atoms with E-state index in [2.05, 4.69) is 5.32 Å². The van der Waals surface area contributed by atoms with E-state index in [9.17, 15) is 9.59 Å². The summed E-state index contributed by atoms with van der Waals surface area (Å²) in [6, 6.07) is 0.335. The molecule has 1 rings (SSSR count). The molecule has 2 amide bonds. The van der Waals surface area contributed by atoms with Crippen LogP contribution in [0.1, 0.15) is 59.8 Å². The van der Waals surface area contributed by atoms with Crippen LogP contribution in [0.5, 0.6) is 0 Å². The minimum Gasteiger partial charge on any atom is -0.444 e. The summed E-state index contributed by atoms with van der Waals surface area (Å²) in [4.78, 5) is 25.2. The predicted octanol–water partition coefficient (Wildman–Crippen LogP) is 2.69. The van der Waals surface area contributed by atoms with Crippen LogP contribution in [0.15, 0.2) is 0 Å². The molecule has 0 heterocycles. The fourth-order valence-corrected chi connectivity index (χ4v) is 2.58. The van der Waals surface area contributed by atoms with Gasteiger partial charge in [-0.2, -0.15) is 0 Å². The van der Waals surface area contributed by atoms with Gasteiger partial charge in [-0.05, 0) is 33.6 Å². The Balaban J connectivity index is 2.36. The maximum Gasteiger partial charge on any atom is 0.407 e. The molecule has 0 atom stereocenters. The zero-order chi connectivity index (χ0) is 15.2. The first-order chi connectivity index (χ1) is 9.29. The molecule has 0 radical (unpaired) electrons. The molecular formula is C15H28N2O3. The lowest BCUT2D eigenvalue weighted by atomic mass is 9.94. The van der Waals surface area contributed by atoms with Crippen LogP contribution in [-0.2, 0) is 9.53 Å². The van der Waals surface area contributed by atoms with Crippen molar-refractivity contribution in [2.75, 3.05) is 13.1 Å². The van der Waals surface area contributed by atoms with Gasteiger partial charge in [-0.3, -0.25) is 4.79 Å². The number of amides is 2. The molecule has 1 saturated carbocycles. The van der Waals surface area contributed by atoms with Gasteiger partial charge in [0, 0.05) is 26.1 Å². The maximum absolute atomic E-state index is 11.7. The molecule has 0 aliphatic heterocycles. The summed E-state index contributed by atoms with van der Waals surface area (Å²) in [5, 5.41) is 2.71. The number of hydrogen-bond donors (Lipinski definition) is 1. The lowest BCUT2D eigenvalue weighted by molar-refractivity contribution is -0.131. The molecule has 1 aliphatic rings. The van der Waals surface area contributed by atoms with E-state index < -0.39 is 11.7 Å². The Morgan fingerprint density at radius 3 is 2.30 bits per heavy atom. The normalized spacial score (nSPS) is 16.6. The fraction of sp³-hybridized carbons (Fsp3) is 0.867. The van der Waals surface area contributed by atoms with E-state index >= 15 is 0 Å². The Labute approximate surface area is 122 Å². The monoisotopic (exact) mass is 284 g/mol. The van der Waals surface area contributed by atoms with Gasteiger partial charge in [-0.25, -0.2) is 4.79 Å². The van der Waals surface area contributed by atoms with Crippen LogP contribution in [0.4, 0.5) is 4.79 Å². The van der Waals surface area contributed by atoms with E-state index in [1.807, 2.05) is 25.7 Å². The van der Waals surface area contributed by atoms with Crippen LogP contribution in [0.3, 0.4) is 0 Å². The van der Waals surface area contributed by atoms with Crippen molar-refractivity contribution in [3.05, 3.63) is 0 Å². The van der Waals surface area contributed by atoms with Crippen molar-refractivity contribution in [1.82, 2.24) is 10.2 Å². The van der Waals surface area contributed by atoms with Crippen molar-refractivity contribution in [1.29, 1.82) is 0 Å². The zero-order valence-corrected chi connectivity index (χ0v) is 13.2. The average Bonchev–Trinajstić information content (AvgIpc) is 2.33. The molecule has 0 unspecified atom stereocenters. The van der Waals surface area contributed by atoms with Crippen LogP contribution in [-0.4, -0.2) is 41.6 Å². The van der Waals surface area contributed by atoms with E-state index in [0.717, 1.165) is 12.8 Å². The third kappa shape index (κ3) is 6.26. The predicted molar refractivity (Wildman–Crippen MR) is 78.5 cm³/mol. The molecule has 0 aromatic rings. The first kappa shape index (κ1) is 16.8. The van der Waals surface area contributed by atoms with Crippen molar-refractivity contribution >= 4 is 12.0 Å². The number of rotatable bonds is 4. The molecule has 5 nitrogen and oxygen atoms in total. The van der Waals surface area contributed by atoms with E-state index in [-0.39, 0.29) is 5.91 Å². The smallest absolute Gasteiger partial charge is 0.407 e. The van der Waals surface area contributed by atoms with Gasteiger partial charge in [0.25, 0.3) is 0 Å². The van der Waals surface area contributed by atoms with Crippen LogP contribution in [0.25, 0.3) is 0 Å². The molecule has 0 aromatic heterocycles. The van der Waals surface area contributed by atoms with Crippen LogP contribution in [0.2, 0.25) is 0 Å². The highest BCUT2D eigenvalue weighted by Crippen LogP contribution is 2.22. The summed E-state index contributed by atoms with van der Waals surface area (Å²) in [5.41, 5.74) is -0.492. The van der Waals surface area contributed by atoms with Gasteiger partial charge in [-0.15, -0.1) is 0 Å². The first-order valence-electron chi connectivity index (χ1n) is 7.53. The standard InChI is InChI=1S/C15H28N2O3/c1-12(18)17(13-8-6-5-7-9-13)11-10-16-14(19)20-15(2,3)4/h13H,5-11H2,1-4H3,(H,16,19). The Bertz CT molecular complexity index is 331. The second-order valence-electron chi connectivity index (χ2n) is 6.43. The van der Waals surface area contributed by atoms with Gasteiger partial charge in [0.1, 0.15) is 5.60 Å². The van der Waals surface area contributed by atoms with Gasteiger partial charge in [-0.1, -0.05) is 19.3 Å². The molecular weight excluding hydrogens is 256 g/mol. The number of nitrogens with one attached hydrogen (secondary N) is 1. The van der Waals surface area contributed by atoms with Crippen molar-refractivity contribution in [3.8, 4) is 0 Å². The number of nitrogens with zero attached hydrogens (tertiary/aromatic N) is 1. The number of carbonyl (C=O) groups is 2. The lowest BCUT2D eigenvalue weighted by Crippen LogP contribution is -2.45. The molecule has 0 aromatic carbocycles. The third-order valence-electron chi connectivity index (χ3n) is 3.44. The number of alkyl carbamates (subject to hydrolysis) is 1. The number of ether oxygens (including phenoxy) is 1. The van der Waals surface area contributed by atoms with Crippen LogP contribution in [0, 0.1) is 0 Å². The topological polar surface area (TPSA) is 58.6 Å². The summed E-state index contributed by atoms with van der Waals surface area (Å²) in [5.74, 6) is 0.0860. The maximum atomic E-state index is 11.7. The zero-order valence-electron chi connectivity index (χ0n) is 13.2. The Hall–Kier alpha value is -1.26. The molecule has 0 bridgehead atoms. The molecule has 5 heteroatoms. The highest BCUT2D eigenvalue weighted by Gasteiger charge is 2.23. The van der Waals surface area contributed by atoms with Gasteiger partial charge in [0.15, 0.2) is 0 Å². The van der Waals surface area contributed by atoms with Gasteiger partial charge in [0.2, 0.25) is 5.91 Å². The summed E-state index contributed by atoms with van der Waals surface area (Å²) < 4.78 is 5.17. The summed E-state index contributed by atoms with van der Waals surface area (Å²) in [7, 11) is 0. The summed E-state index contributed by atoms with van der Waals surface area (Å²) in [6.45, 7) is 8.08. The first-order valence-corrected chi connectivity index (χ1v) is 7.53. The second-order valence-corrected chi connectivity index (χ2v) is 6.43. The van der Waals surface area contributed by atoms with E-state index in [1.54, 1.807) is 6.92 Å². The minimum atomic E-state index is -0.492. The van der Waals surface area contributed by atoms with Gasteiger partial charge in [0.05, 0.1) is 0 Å². The molecule has 1 N–H and O–H groups in total. The van der Waals surface area contributed by atoms with Gasteiger partial charge < -0.3 is 15.0 Å². The Morgan fingerprint density at radius 2 is 1.80 bits per heavy atom. The molecule has 0 saturated heterocycles. The van der Waals surface area contributed by atoms with Crippen molar-refractivity contribution in [2.24, 2.45) is 0 Å². The van der Waals surface area contributed by atoms with Crippen molar-refractivity contribution in [2.45, 2.75) is 71.4 Å². The van der Waals surface area contributed by atoms with Crippen LogP contribution >= 0.6 is 0 Å². The van der Waals surface area contributed by atoms with Crippen LogP contribution < -0.4 is 5.32 Å². The van der Waals surface area contributed by atoms with E-state index in [1.165, 1.54) is 19.3 Å². The van der Waals surface area contributed by atoms with Gasteiger partial charge >= 0.3 is 6.09 Å². The molecule has 0 spiro atoms. The molecule has 1 fully saturated rings. The highest BCUT2D eigenvalue weighted by molar-refractivity contribution is 5.73.